The quantitative estimate of drug-likeness (QED) is 0.598. The lowest BCUT2D eigenvalue weighted by Crippen LogP contribution is -2.07. The Balaban J connectivity index is 2.45. The minimum atomic E-state index is -0.469. The number of esters is 1. The van der Waals surface area contributed by atoms with Gasteiger partial charge in [-0.2, -0.15) is 0 Å². The van der Waals surface area contributed by atoms with E-state index < -0.39 is 5.97 Å². The molecule has 0 fully saturated rings. The van der Waals surface area contributed by atoms with Crippen molar-refractivity contribution in [1.82, 2.24) is 0 Å². The van der Waals surface area contributed by atoms with E-state index in [1.54, 1.807) is 26.4 Å². The minimum Gasteiger partial charge on any atom is -0.497 e. The smallest absolute Gasteiger partial charge is 0.342 e. The standard InChI is InChI=1S/C19H20O5/c1-21-15-9-6-13(7-10-15)5-8-14-11-16(22-2)12-17(23-3)18(14)19(20)24-4/h5-12H,1-4H3/b8-5+. The zero-order valence-corrected chi connectivity index (χ0v) is 14.2. The zero-order chi connectivity index (χ0) is 17.5. The summed E-state index contributed by atoms with van der Waals surface area (Å²) in [5.74, 6) is 1.30. The van der Waals surface area contributed by atoms with E-state index in [2.05, 4.69) is 0 Å². The van der Waals surface area contributed by atoms with Gasteiger partial charge >= 0.3 is 5.97 Å². The molecule has 0 atom stereocenters. The molecule has 126 valence electrons. The van der Waals surface area contributed by atoms with Crippen molar-refractivity contribution in [2.45, 2.75) is 0 Å². The second-order valence-electron chi connectivity index (χ2n) is 4.89. The average Bonchev–Trinajstić information content (AvgIpc) is 2.65. The Bertz CT molecular complexity index is 732. The van der Waals surface area contributed by atoms with Crippen LogP contribution in [-0.4, -0.2) is 34.4 Å². The van der Waals surface area contributed by atoms with Gasteiger partial charge in [0, 0.05) is 6.07 Å². The van der Waals surface area contributed by atoms with E-state index in [1.165, 1.54) is 14.2 Å². The maximum absolute atomic E-state index is 12.1. The Kier molecular flexibility index (Phi) is 5.84. The molecule has 2 rings (SSSR count). The van der Waals surface area contributed by atoms with Crippen LogP contribution in [0.1, 0.15) is 21.5 Å². The van der Waals surface area contributed by atoms with Gasteiger partial charge in [0.15, 0.2) is 0 Å². The first kappa shape index (κ1) is 17.4. The van der Waals surface area contributed by atoms with Crippen LogP contribution in [-0.2, 0) is 4.74 Å². The van der Waals surface area contributed by atoms with Gasteiger partial charge in [-0.1, -0.05) is 24.3 Å². The highest BCUT2D eigenvalue weighted by atomic mass is 16.5. The summed E-state index contributed by atoms with van der Waals surface area (Å²) in [4.78, 5) is 12.1. The molecule has 0 unspecified atom stereocenters. The number of hydrogen-bond acceptors (Lipinski definition) is 5. The van der Waals surface area contributed by atoms with Gasteiger partial charge in [-0.25, -0.2) is 4.79 Å². The summed E-state index contributed by atoms with van der Waals surface area (Å²) in [6.45, 7) is 0. The third-order valence-electron chi connectivity index (χ3n) is 3.52. The number of rotatable bonds is 6. The fourth-order valence-corrected chi connectivity index (χ4v) is 2.24. The number of carbonyl (C=O) groups excluding carboxylic acids is 1. The highest BCUT2D eigenvalue weighted by molar-refractivity contribution is 5.98. The maximum atomic E-state index is 12.1. The predicted molar refractivity (Wildman–Crippen MR) is 92.8 cm³/mol. The number of hydrogen-bond donors (Lipinski definition) is 0. The lowest BCUT2D eigenvalue weighted by atomic mass is 10.0. The van der Waals surface area contributed by atoms with Gasteiger partial charge in [0.1, 0.15) is 22.8 Å². The van der Waals surface area contributed by atoms with Crippen molar-refractivity contribution in [1.29, 1.82) is 0 Å². The summed E-state index contributed by atoms with van der Waals surface area (Å²) in [5, 5.41) is 0. The summed E-state index contributed by atoms with van der Waals surface area (Å²) < 4.78 is 20.6. The molecule has 0 N–H and O–H groups in total. The number of ether oxygens (including phenoxy) is 4. The first-order chi connectivity index (χ1) is 11.6. The van der Waals surface area contributed by atoms with Gasteiger partial charge in [0.05, 0.1) is 28.4 Å². The van der Waals surface area contributed by atoms with Gasteiger partial charge in [0.25, 0.3) is 0 Å². The van der Waals surface area contributed by atoms with Crippen LogP contribution in [0.3, 0.4) is 0 Å². The van der Waals surface area contributed by atoms with Crippen LogP contribution in [0.5, 0.6) is 17.2 Å². The summed E-state index contributed by atoms with van der Waals surface area (Å²) in [7, 11) is 6.01. The highest BCUT2D eigenvalue weighted by Gasteiger charge is 2.18. The molecule has 0 heterocycles. The van der Waals surface area contributed by atoms with Crippen LogP contribution in [0.25, 0.3) is 12.2 Å². The minimum absolute atomic E-state index is 0.352. The van der Waals surface area contributed by atoms with E-state index in [0.29, 0.717) is 22.6 Å². The van der Waals surface area contributed by atoms with E-state index in [1.807, 2.05) is 36.4 Å². The van der Waals surface area contributed by atoms with Gasteiger partial charge in [-0.15, -0.1) is 0 Å². The van der Waals surface area contributed by atoms with Crippen LogP contribution >= 0.6 is 0 Å². The van der Waals surface area contributed by atoms with E-state index in [9.17, 15) is 4.79 Å². The largest absolute Gasteiger partial charge is 0.497 e. The molecular formula is C19H20O5. The molecule has 5 nitrogen and oxygen atoms in total. The molecule has 0 aromatic heterocycles. The Labute approximate surface area is 141 Å². The topological polar surface area (TPSA) is 54.0 Å². The SMILES string of the molecule is COC(=O)c1c(/C=C/c2ccc(OC)cc2)cc(OC)cc1OC. The molecule has 0 aliphatic rings. The van der Waals surface area contributed by atoms with Crippen molar-refractivity contribution in [2.24, 2.45) is 0 Å². The number of methoxy groups -OCH3 is 4. The van der Waals surface area contributed by atoms with Crippen molar-refractivity contribution in [2.75, 3.05) is 28.4 Å². The monoisotopic (exact) mass is 328 g/mol. The average molecular weight is 328 g/mol. The summed E-state index contributed by atoms with van der Waals surface area (Å²) in [6, 6.07) is 11.0. The molecule has 5 heteroatoms. The Morgan fingerprint density at radius 3 is 2.04 bits per heavy atom. The maximum Gasteiger partial charge on any atom is 0.342 e. The highest BCUT2D eigenvalue weighted by Crippen LogP contribution is 2.31. The van der Waals surface area contributed by atoms with Gasteiger partial charge in [-0.05, 0) is 29.3 Å². The molecule has 0 saturated heterocycles. The molecule has 0 amide bonds. The molecule has 0 aliphatic carbocycles. The molecule has 0 saturated carbocycles. The third kappa shape index (κ3) is 3.87. The van der Waals surface area contributed by atoms with E-state index in [0.717, 1.165) is 11.3 Å². The molecular weight excluding hydrogens is 308 g/mol. The predicted octanol–water partition coefficient (Wildman–Crippen LogP) is 3.67. The fraction of sp³-hybridized carbons (Fsp3) is 0.211. The van der Waals surface area contributed by atoms with Crippen molar-refractivity contribution in [3.63, 3.8) is 0 Å². The normalized spacial score (nSPS) is 10.5. The Morgan fingerprint density at radius 2 is 1.50 bits per heavy atom. The summed E-state index contributed by atoms with van der Waals surface area (Å²) in [6.07, 6.45) is 3.71. The molecule has 2 aromatic carbocycles. The lowest BCUT2D eigenvalue weighted by Gasteiger charge is -2.12. The number of carbonyl (C=O) groups is 1. The molecule has 0 radical (unpaired) electrons. The van der Waals surface area contributed by atoms with Gasteiger partial charge in [-0.3, -0.25) is 0 Å². The Morgan fingerprint density at radius 1 is 0.833 bits per heavy atom. The van der Waals surface area contributed by atoms with Crippen LogP contribution in [0.15, 0.2) is 36.4 Å². The van der Waals surface area contributed by atoms with Gasteiger partial charge in [0.2, 0.25) is 0 Å². The van der Waals surface area contributed by atoms with Crippen LogP contribution in [0, 0.1) is 0 Å². The van der Waals surface area contributed by atoms with Crippen LogP contribution < -0.4 is 14.2 Å². The molecule has 24 heavy (non-hydrogen) atoms. The number of benzene rings is 2. The van der Waals surface area contributed by atoms with Crippen molar-refractivity contribution in [3.05, 3.63) is 53.1 Å². The molecule has 0 spiro atoms. The second kappa shape index (κ2) is 8.06. The van der Waals surface area contributed by atoms with E-state index >= 15 is 0 Å². The molecule has 2 aromatic rings. The van der Waals surface area contributed by atoms with Crippen LogP contribution in [0.4, 0.5) is 0 Å². The lowest BCUT2D eigenvalue weighted by molar-refractivity contribution is 0.0597. The molecule has 0 bridgehead atoms. The summed E-state index contributed by atoms with van der Waals surface area (Å²) >= 11 is 0. The van der Waals surface area contributed by atoms with Gasteiger partial charge < -0.3 is 18.9 Å². The first-order valence-electron chi connectivity index (χ1n) is 7.29. The first-order valence-corrected chi connectivity index (χ1v) is 7.29. The molecule has 0 aliphatic heterocycles. The summed E-state index contributed by atoms with van der Waals surface area (Å²) in [5.41, 5.74) is 1.97. The fourth-order valence-electron chi connectivity index (χ4n) is 2.24. The van der Waals surface area contributed by atoms with E-state index in [4.69, 9.17) is 18.9 Å². The van der Waals surface area contributed by atoms with E-state index in [-0.39, 0.29) is 0 Å². The third-order valence-corrected chi connectivity index (χ3v) is 3.52. The van der Waals surface area contributed by atoms with Crippen molar-refractivity contribution < 1.29 is 23.7 Å². The van der Waals surface area contributed by atoms with Crippen molar-refractivity contribution >= 4 is 18.1 Å². The van der Waals surface area contributed by atoms with Crippen molar-refractivity contribution in [3.8, 4) is 17.2 Å². The van der Waals surface area contributed by atoms with Crippen LogP contribution in [0.2, 0.25) is 0 Å². The Hall–Kier alpha value is -2.95. The zero-order valence-electron chi connectivity index (χ0n) is 14.2. The second-order valence-corrected chi connectivity index (χ2v) is 4.89.